The van der Waals surface area contributed by atoms with E-state index in [1.807, 2.05) is 48.5 Å². The molecule has 0 bridgehead atoms. The zero-order valence-corrected chi connectivity index (χ0v) is 21.3. The first kappa shape index (κ1) is 24.0. The van der Waals surface area contributed by atoms with E-state index in [0.29, 0.717) is 18.0 Å². The predicted molar refractivity (Wildman–Crippen MR) is 143 cm³/mol. The minimum absolute atomic E-state index is 0.0669. The number of hydrogen-bond donors (Lipinski definition) is 0. The van der Waals surface area contributed by atoms with Gasteiger partial charge in [0.05, 0.1) is 23.6 Å². The number of piperidine rings is 1. The van der Waals surface area contributed by atoms with Crippen molar-refractivity contribution in [3.8, 4) is 0 Å². The average molecular weight is 518 g/mol. The summed E-state index contributed by atoms with van der Waals surface area (Å²) in [6.07, 6.45) is 4.62. The van der Waals surface area contributed by atoms with Crippen molar-refractivity contribution in [2.24, 2.45) is 5.92 Å². The Kier molecular flexibility index (Phi) is 6.85. The summed E-state index contributed by atoms with van der Waals surface area (Å²) in [6, 6.07) is 23.0. The molecule has 7 heteroatoms. The van der Waals surface area contributed by atoms with Gasteiger partial charge in [-0.3, -0.25) is 4.90 Å². The van der Waals surface area contributed by atoms with E-state index in [4.69, 9.17) is 26.1 Å². The Morgan fingerprint density at radius 3 is 2.51 bits per heavy atom. The van der Waals surface area contributed by atoms with E-state index in [0.717, 1.165) is 65.6 Å². The molecular weight excluding hydrogens is 489 g/mol. The molecule has 0 saturated carbocycles. The lowest BCUT2D eigenvalue weighted by Crippen LogP contribution is -2.38. The van der Waals surface area contributed by atoms with Crippen LogP contribution in [-0.2, 0) is 22.4 Å². The van der Waals surface area contributed by atoms with Crippen molar-refractivity contribution in [3.05, 3.63) is 113 Å². The smallest absolute Gasteiger partial charge is 0.229 e. The first-order chi connectivity index (χ1) is 18.2. The maximum atomic E-state index is 14.5. The summed E-state index contributed by atoms with van der Waals surface area (Å²) in [6.45, 7) is 2.54. The third-order valence-electron chi connectivity index (χ3n) is 7.47. The molecule has 1 atom stereocenters. The average Bonchev–Trinajstić information content (AvgIpc) is 3.56. The number of para-hydroxylation sites is 2. The highest BCUT2D eigenvalue weighted by atomic mass is 35.5. The summed E-state index contributed by atoms with van der Waals surface area (Å²) in [7, 11) is 0. The summed E-state index contributed by atoms with van der Waals surface area (Å²) in [5, 5.41) is 0.730. The maximum Gasteiger partial charge on any atom is 0.229 e. The third-order valence-corrected chi connectivity index (χ3v) is 7.81. The third kappa shape index (κ3) is 4.96. The van der Waals surface area contributed by atoms with Crippen molar-refractivity contribution in [2.45, 2.75) is 31.8 Å². The van der Waals surface area contributed by atoms with E-state index in [-0.39, 0.29) is 18.7 Å². The number of halogens is 2. The minimum Gasteiger partial charge on any atom is -0.462 e. The zero-order valence-electron chi connectivity index (χ0n) is 20.5. The highest BCUT2D eigenvalue weighted by Crippen LogP contribution is 2.38. The van der Waals surface area contributed by atoms with Gasteiger partial charge in [-0.1, -0.05) is 60.1 Å². The van der Waals surface area contributed by atoms with Gasteiger partial charge in [-0.15, -0.1) is 0 Å². The second-order valence-corrected chi connectivity index (χ2v) is 10.2. The number of imidazole rings is 1. The van der Waals surface area contributed by atoms with Crippen LogP contribution in [0.5, 0.6) is 0 Å². The lowest BCUT2D eigenvalue weighted by Gasteiger charge is -2.37. The van der Waals surface area contributed by atoms with Crippen LogP contribution in [-0.4, -0.2) is 34.3 Å². The summed E-state index contributed by atoms with van der Waals surface area (Å²) in [5.41, 5.74) is 3.71. The fourth-order valence-electron chi connectivity index (χ4n) is 5.55. The van der Waals surface area contributed by atoms with Crippen molar-refractivity contribution >= 4 is 22.6 Å². The Bertz CT molecular complexity index is 1430. The van der Waals surface area contributed by atoms with Gasteiger partial charge in [0.1, 0.15) is 17.9 Å². The SMILES string of the molecule is Fc1ccccc1Cn1c(CC2CCN(C(C3=COCO3)c3ccccc3Cl)CC2)nc2ccccc21. The zero-order chi connectivity index (χ0) is 25.2. The van der Waals surface area contributed by atoms with Crippen LogP contribution in [0.25, 0.3) is 11.0 Å². The molecule has 2 aliphatic heterocycles. The van der Waals surface area contributed by atoms with Gasteiger partial charge >= 0.3 is 0 Å². The van der Waals surface area contributed by atoms with Crippen LogP contribution in [0.1, 0.15) is 35.8 Å². The molecule has 0 amide bonds. The van der Waals surface area contributed by atoms with Gasteiger partial charge in [-0.2, -0.15) is 0 Å². The molecule has 3 heterocycles. The standard InChI is InChI=1S/C30H29ClFN3O2/c31-24-9-3-2-8-23(24)30(28-19-36-20-37-28)34-15-13-21(14-16-34)17-29-33-26-11-5-6-12-27(26)35(29)18-22-7-1-4-10-25(22)32/h1-12,19,21,30H,13-18,20H2. The molecule has 3 aromatic carbocycles. The van der Waals surface area contributed by atoms with Crippen LogP contribution in [0, 0.1) is 11.7 Å². The van der Waals surface area contributed by atoms with Gasteiger partial charge in [0, 0.05) is 17.0 Å². The van der Waals surface area contributed by atoms with Crippen molar-refractivity contribution in [3.63, 3.8) is 0 Å². The molecule has 37 heavy (non-hydrogen) atoms. The first-order valence-electron chi connectivity index (χ1n) is 12.8. The molecule has 5 nitrogen and oxygen atoms in total. The van der Waals surface area contributed by atoms with E-state index < -0.39 is 0 Å². The van der Waals surface area contributed by atoms with Crippen LogP contribution in [0.2, 0.25) is 5.02 Å². The van der Waals surface area contributed by atoms with Crippen LogP contribution < -0.4 is 0 Å². The Labute approximate surface area is 221 Å². The molecule has 0 aliphatic carbocycles. The molecule has 6 rings (SSSR count). The fourth-order valence-corrected chi connectivity index (χ4v) is 5.79. The van der Waals surface area contributed by atoms with E-state index in [9.17, 15) is 4.39 Å². The lowest BCUT2D eigenvalue weighted by molar-refractivity contribution is 0.0512. The molecule has 0 spiro atoms. The van der Waals surface area contributed by atoms with Gasteiger partial charge in [-0.05, 0) is 61.7 Å². The van der Waals surface area contributed by atoms with Crippen molar-refractivity contribution in [2.75, 3.05) is 19.9 Å². The molecule has 1 fully saturated rings. The van der Waals surface area contributed by atoms with Crippen LogP contribution >= 0.6 is 11.6 Å². The second kappa shape index (κ2) is 10.6. The van der Waals surface area contributed by atoms with Gasteiger partial charge in [0.2, 0.25) is 6.79 Å². The van der Waals surface area contributed by atoms with Gasteiger partial charge in [0.15, 0.2) is 5.76 Å². The number of aromatic nitrogens is 2. The molecule has 4 aromatic rings. The molecule has 1 saturated heterocycles. The van der Waals surface area contributed by atoms with E-state index in [2.05, 4.69) is 21.6 Å². The minimum atomic E-state index is -0.183. The van der Waals surface area contributed by atoms with Gasteiger partial charge in [-0.25, -0.2) is 9.37 Å². The molecular formula is C30H29ClFN3O2. The Balaban J connectivity index is 1.21. The number of nitrogens with zero attached hydrogens (tertiary/aromatic N) is 3. The fraction of sp³-hybridized carbons (Fsp3) is 0.300. The largest absolute Gasteiger partial charge is 0.462 e. The number of benzene rings is 3. The normalized spacial score (nSPS) is 17.4. The number of rotatable bonds is 7. The highest BCUT2D eigenvalue weighted by molar-refractivity contribution is 6.31. The lowest BCUT2D eigenvalue weighted by atomic mass is 9.91. The Morgan fingerprint density at radius 2 is 1.73 bits per heavy atom. The Hall–Kier alpha value is -3.35. The Morgan fingerprint density at radius 1 is 0.973 bits per heavy atom. The molecule has 0 radical (unpaired) electrons. The maximum absolute atomic E-state index is 14.5. The van der Waals surface area contributed by atoms with E-state index >= 15 is 0 Å². The van der Waals surface area contributed by atoms with Crippen LogP contribution in [0.15, 0.2) is 84.8 Å². The summed E-state index contributed by atoms with van der Waals surface area (Å²) in [5.74, 6) is 2.12. The summed E-state index contributed by atoms with van der Waals surface area (Å²) < 4.78 is 27.9. The van der Waals surface area contributed by atoms with Crippen LogP contribution in [0.3, 0.4) is 0 Å². The van der Waals surface area contributed by atoms with Crippen molar-refractivity contribution < 1.29 is 13.9 Å². The van der Waals surface area contributed by atoms with Crippen molar-refractivity contribution in [1.29, 1.82) is 0 Å². The summed E-state index contributed by atoms with van der Waals surface area (Å²) >= 11 is 6.60. The number of likely N-dealkylation sites (tertiary alicyclic amines) is 1. The quantitative estimate of drug-likeness (QED) is 0.273. The monoisotopic (exact) mass is 517 g/mol. The molecule has 1 unspecified atom stereocenters. The van der Waals surface area contributed by atoms with Crippen LogP contribution in [0.4, 0.5) is 4.39 Å². The van der Waals surface area contributed by atoms with E-state index in [1.165, 1.54) is 6.07 Å². The van der Waals surface area contributed by atoms with Crippen molar-refractivity contribution in [1.82, 2.24) is 14.5 Å². The second-order valence-electron chi connectivity index (χ2n) is 9.75. The molecule has 1 aromatic heterocycles. The number of ether oxygens (including phenoxy) is 2. The topological polar surface area (TPSA) is 39.5 Å². The number of fused-ring (bicyclic) bond motifs is 1. The molecule has 190 valence electrons. The van der Waals surface area contributed by atoms with Gasteiger partial charge in [0.25, 0.3) is 0 Å². The molecule has 0 N–H and O–H groups in total. The van der Waals surface area contributed by atoms with E-state index in [1.54, 1.807) is 12.3 Å². The highest BCUT2D eigenvalue weighted by Gasteiger charge is 2.33. The summed E-state index contributed by atoms with van der Waals surface area (Å²) in [4.78, 5) is 7.40. The predicted octanol–water partition coefficient (Wildman–Crippen LogP) is 6.72. The first-order valence-corrected chi connectivity index (χ1v) is 13.2. The molecule has 2 aliphatic rings. The van der Waals surface area contributed by atoms with Gasteiger partial charge < -0.3 is 14.0 Å². The number of hydrogen-bond acceptors (Lipinski definition) is 4.